The highest BCUT2D eigenvalue weighted by Gasteiger charge is 2.38. The third-order valence-corrected chi connectivity index (χ3v) is 3.83. The Morgan fingerprint density at radius 1 is 1.46 bits per heavy atom. The molecule has 2 unspecified atom stereocenters. The van der Waals surface area contributed by atoms with Gasteiger partial charge < -0.3 is 0 Å². The van der Waals surface area contributed by atoms with Gasteiger partial charge in [0.15, 0.2) is 0 Å². The van der Waals surface area contributed by atoms with Crippen LogP contribution in [-0.2, 0) is 0 Å². The first kappa shape index (κ1) is 9.82. The average Bonchev–Trinajstić information content (AvgIpc) is 2.88. The van der Waals surface area contributed by atoms with Crippen molar-refractivity contribution in [2.75, 3.05) is 5.88 Å². The number of alkyl halides is 1. The zero-order valence-corrected chi connectivity index (χ0v) is 10.0. The molecule has 1 aliphatic carbocycles. The minimum Gasteiger partial charge on any atom is -0.126 e. The molecule has 1 aromatic rings. The molecule has 0 amide bonds. The summed E-state index contributed by atoms with van der Waals surface area (Å²) in [4.78, 5) is 0. The number of benzene rings is 1. The van der Waals surface area contributed by atoms with E-state index >= 15 is 0 Å². The van der Waals surface area contributed by atoms with Crippen molar-refractivity contribution < 1.29 is 0 Å². The Morgan fingerprint density at radius 2 is 2.23 bits per heavy atom. The van der Waals surface area contributed by atoms with Crippen molar-refractivity contribution in [1.82, 2.24) is 0 Å². The van der Waals surface area contributed by atoms with Crippen molar-refractivity contribution in [3.05, 3.63) is 33.3 Å². The van der Waals surface area contributed by atoms with E-state index < -0.39 is 0 Å². The van der Waals surface area contributed by atoms with Crippen LogP contribution in [0.25, 0.3) is 0 Å². The van der Waals surface area contributed by atoms with Crippen LogP contribution < -0.4 is 0 Å². The van der Waals surface area contributed by atoms with Gasteiger partial charge in [0.1, 0.15) is 0 Å². The normalized spacial score (nSPS) is 26.1. The lowest BCUT2D eigenvalue weighted by molar-refractivity contribution is 0.920. The zero-order chi connectivity index (χ0) is 9.42. The monoisotopic (exact) mass is 278 g/mol. The van der Waals surface area contributed by atoms with Crippen molar-refractivity contribution in [3.63, 3.8) is 0 Å². The van der Waals surface area contributed by atoms with Crippen molar-refractivity contribution in [1.29, 1.82) is 0 Å². The third kappa shape index (κ3) is 2.03. The fourth-order valence-electron chi connectivity index (χ4n) is 1.60. The van der Waals surface area contributed by atoms with Gasteiger partial charge in [0, 0.05) is 15.4 Å². The Hall–Kier alpha value is 0.280. The molecule has 0 spiro atoms. The van der Waals surface area contributed by atoms with Crippen LogP contribution in [0.3, 0.4) is 0 Å². The van der Waals surface area contributed by atoms with Crippen LogP contribution >= 0.6 is 39.1 Å². The summed E-state index contributed by atoms with van der Waals surface area (Å²) in [6.45, 7) is 0. The van der Waals surface area contributed by atoms with E-state index in [-0.39, 0.29) is 0 Å². The van der Waals surface area contributed by atoms with E-state index in [0.717, 1.165) is 15.4 Å². The molecule has 1 saturated carbocycles. The van der Waals surface area contributed by atoms with Gasteiger partial charge >= 0.3 is 0 Å². The first-order chi connectivity index (χ1) is 6.22. The molecule has 0 N–H and O–H groups in total. The second kappa shape index (κ2) is 3.80. The van der Waals surface area contributed by atoms with Crippen molar-refractivity contribution in [2.24, 2.45) is 5.92 Å². The Kier molecular flexibility index (Phi) is 2.87. The van der Waals surface area contributed by atoms with Crippen LogP contribution in [0.1, 0.15) is 17.9 Å². The van der Waals surface area contributed by atoms with Crippen molar-refractivity contribution in [3.8, 4) is 0 Å². The Bertz CT molecular complexity index is 325. The van der Waals surface area contributed by atoms with E-state index in [1.165, 1.54) is 12.0 Å². The minimum absolute atomic E-state index is 0.616. The van der Waals surface area contributed by atoms with Crippen LogP contribution in [0.15, 0.2) is 22.7 Å². The minimum atomic E-state index is 0.616. The van der Waals surface area contributed by atoms with Crippen LogP contribution in [0.2, 0.25) is 5.02 Å². The Labute approximate surface area is 96.4 Å². The van der Waals surface area contributed by atoms with Gasteiger partial charge in [0.25, 0.3) is 0 Å². The van der Waals surface area contributed by atoms with E-state index in [9.17, 15) is 0 Å². The van der Waals surface area contributed by atoms with Gasteiger partial charge in [-0.05, 0) is 42.0 Å². The molecule has 3 heteroatoms. The highest BCUT2D eigenvalue weighted by atomic mass is 79.9. The summed E-state index contributed by atoms with van der Waals surface area (Å²) in [6.07, 6.45) is 1.20. The molecule has 0 bridgehead atoms. The molecule has 13 heavy (non-hydrogen) atoms. The lowest BCUT2D eigenvalue weighted by Gasteiger charge is -2.03. The zero-order valence-electron chi connectivity index (χ0n) is 6.93. The molecule has 0 aliphatic heterocycles. The van der Waals surface area contributed by atoms with Gasteiger partial charge in [-0.1, -0.05) is 27.5 Å². The van der Waals surface area contributed by atoms with Crippen molar-refractivity contribution >= 4 is 39.1 Å². The van der Waals surface area contributed by atoms with Gasteiger partial charge in [0.2, 0.25) is 0 Å². The predicted octanol–water partition coefficient (Wildman–Crippen LogP) is 4.44. The topological polar surface area (TPSA) is 0 Å². The lowest BCUT2D eigenvalue weighted by atomic mass is 10.1. The van der Waals surface area contributed by atoms with Gasteiger partial charge in [-0.15, -0.1) is 11.6 Å². The quantitative estimate of drug-likeness (QED) is 0.702. The molecular weight excluding hydrogens is 271 g/mol. The highest BCUT2D eigenvalue weighted by Crippen LogP contribution is 2.50. The Balaban J connectivity index is 2.25. The smallest absolute Gasteiger partial charge is 0.0409 e. The fourth-order valence-corrected chi connectivity index (χ4v) is 2.66. The first-order valence-corrected chi connectivity index (χ1v) is 5.94. The molecule has 70 valence electrons. The summed E-state index contributed by atoms with van der Waals surface area (Å²) in [5.41, 5.74) is 1.30. The van der Waals surface area contributed by atoms with E-state index in [4.69, 9.17) is 23.2 Å². The van der Waals surface area contributed by atoms with E-state index in [1.54, 1.807) is 0 Å². The summed E-state index contributed by atoms with van der Waals surface area (Å²) in [5.74, 6) is 2.02. The van der Waals surface area contributed by atoms with Gasteiger partial charge in [-0.3, -0.25) is 0 Å². The molecule has 2 atom stereocenters. The van der Waals surface area contributed by atoms with Gasteiger partial charge in [-0.25, -0.2) is 0 Å². The van der Waals surface area contributed by atoms with E-state index in [2.05, 4.69) is 15.9 Å². The van der Waals surface area contributed by atoms with Crippen LogP contribution in [0.4, 0.5) is 0 Å². The molecule has 2 rings (SSSR count). The van der Waals surface area contributed by atoms with Gasteiger partial charge in [0.05, 0.1) is 0 Å². The maximum atomic E-state index is 5.93. The highest BCUT2D eigenvalue weighted by molar-refractivity contribution is 9.10. The molecule has 0 radical (unpaired) electrons. The largest absolute Gasteiger partial charge is 0.126 e. The predicted molar refractivity (Wildman–Crippen MR) is 60.7 cm³/mol. The molecule has 0 heterocycles. The number of hydrogen-bond acceptors (Lipinski definition) is 0. The summed E-state index contributed by atoms with van der Waals surface area (Å²) < 4.78 is 1.15. The maximum Gasteiger partial charge on any atom is 0.0409 e. The number of hydrogen-bond donors (Lipinski definition) is 0. The molecule has 1 aliphatic rings. The summed E-state index contributed by atoms with van der Waals surface area (Å²) in [7, 11) is 0. The van der Waals surface area contributed by atoms with Crippen LogP contribution in [-0.4, -0.2) is 5.88 Å². The molecule has 0 aromatic heterocycles. The number of halogens is 3. The molecule has 1 aromatic carbocycles. The van der Waals surface area contributed by atoms with Crippen molar-refractivity contribution in [2.45, 2.75) is 12.3 Å². The molecule has 1 fully saturated rings. The molecular formula is C10H9BrCl2. The van der Waals surface area contributed by atoms with E-state index in [0.29, 0.717) is 11.8 Å². The van der Waals surface area contributed by atoms with Crippen LogP contribution in [0.5, 0.6) is 0 Å². The second-order valence-electron chi connectivity index (χ2n) is 3.42. The lowest BCUT2D eigenvalue weighted by Crippen LogP contribution is -1.86. The maximum absolute atomic E-state index is 5.93. The third-order valence-electron chi connectivity index (χ3n) is 2.48. The first-order valence-electron chi connectivity index (χ1n) is 4.23. The van der Waals surface area contributed by atoms with Crippen LogP contribution in [0, 0.1) is 5.92 Å². The van der Waals surface area contributed by atoms with Gasteiger partial charge in [-0.2, -0.15) is 0 Å². The molecule has 0 saturated heterocycles. The Morgan fingerprint density at radius 3 is 2.85 bits per heavy atom. The SMILES string of the molecule is ClCC1CC1c1cc(Cl)ccc1Br. The summed E-state index contributed by atoms with van der Waals surface area (Å²) in [5, 5.41) is 0.804. The fraction of sp³-hybridized carbons (Fsp3) is 0.400. The summed E-state index contributed by atoms with van der Waals surface area (Å²) >= 11 is 15.2. The standard InChI is InChI=1S/C10H9BrCl2/c11-10-2-1-7(13)4-9(10)8-3-6(8)5-12/h1-2,4,6,8H,3,5H2. The second-order valence-corrected chi connectivity index (χ2v) is 5.02. The molecule has 0 nitrogen and oxygen atoms in total. The average molecular weight is 280 g/mol. The summed E-state index contributed by atoms with van der Waals surface area (Å²) in [6, 6.07) is 5.93. The van der Waals surface area contributed by atoms with E-state index in [1.807, 2.05) is 18.2 Å². The number of rotatable bonds is 2.